The summed E-state index contributed by atoms with van der Waals surface area (Å²) in [4.78, 5) is 11.5. The summed E-state index contributed by atoms with van der Waals surface area (Å²) in [5, 5.41) is 0. The van der Waals surface area contributed by atoms with Crippen molar-refractivity contribution in [2.24, 2.45) is 0 Å². The minimum Gasteiger partial charge on any atom is -0.497 e. The van der Waals surface area contributed by atoms with Gasteiger partial charge in [0.2, 0.25) is 5.95 Å². The van der Waals surface area contributed by atoms with Crippen LogP contribution in [0.25, 0.3) is 0 Å². The van der Waals surface area contributed by atoms with Gasteiger partial charge in [0.15, 0.2) is 0 Å². The van der Waals surface area contributed by atoms with Crippen LogP contribution in [0.4, 0.5) is 5.95 Å². The Bertz CT molecular complexity index is 1020. The van der Waals surface area contributed by atoms with E-state index in [1.165, 1.54) is 0 Å². The second-order valence-electron chi connectivity index (χ2n) is 9.46. The highest BCUT2D eigenvalue weighted by Crippen LogP contribution is 2.36. The van der Waals surface area contributed by atoms with E-state index in [1.54, 1.807) is 26.6 Å². The molecule has 1 aromatic heterocycles. The summed E-state index contributed by atoms with van der Waals surface area (Å²) in [5.41, 5.74) is 2.24. The van der Waals surface area contributed by atoms with Gasteiger partial charge in [-0.2, -0.15) is 0 Å². The predicted molar refractivity (Wildman–Crippen MR) is 134 cm³/mol. The average Bonchev–Trinajstić information content (AvgIpc) is 3.06. The summed E-state index contributed by atoms with van der Waals surface area (Å²) >= 11 is 0. The molecule has 0 spiro atoms. The molecule has 0 atom stereocenters. The fourth-order valence-corrected chi connectivity index (χ4v) is 3.70. The van der Waals surface area contributed by atoms with E-state index in [9.17, 15) is 0 Å². The maximum absolute atomic E-state index is 6.15. The van der Waals surface area contributed by atoms with Crippen molar-refractivity contribution >= 4 is 18.5 Å². The Morgan fingerprint density at radius 2 is 1.15 bits per heavy atom. The second kappa shape index (κ2) is 9.64. The standard InChI is InChI=1S/C26H32BN3O4/c1-25(2)26(3,4)34-27(33-25)21-15-28-24(29-16-21)30(17-19-7-11-22(31-5)12-8-19)18-20-9-13-23(32-6)14-10-20/h7-16H,17-18H2,1-6H3. The SMILES string of the molecule is COc1ccc(CN(Cc2ccc(OC)cc2)c2ncc(B3OC(C)(C)C(C)(C)O3)cn2)cc1. The third-order valence-corrected chi connectivity index (χ3v) is 6.53. The fourth-order valence-electron chi connectivity index (χ4n) is 3.70. The van der Waals surface area contributed by atoms with Crippen LogP contribution < -0.4 is 19.8 Å². The lowest BCUT2D eigenvalue weighted by Gasteiger charge is -2.32. The maximum Gasteiger partial charge on any atom is 0.498 e. The number of hydrogen-bond donors (Lipinski definition) is 0. The lowest BCUT2D eigenvalue weighted by Crippen LogP contribution is -2.41. The largest absolute Gasteiger partial charge is 0.498 e. The first-order valence-electron chi connectivity index (χ1n) is 11.4. The van der Waals surface area contributed by atoms with Gasteiger partial charge in [0.25, 0.3) is 0 Å². The molecule has 0 unspecified atom stereocenters. The molecule has 1 aliphatic heterocycles. The van der Waals surface area contributed by atoms with E-state index in [4.69, 9.17) is 18.8 Å². The molecular formula is C26H32BN3O4. The molecule has 7 nitrogen and oxygen atoms in total. The van der Waals surface area contributed by atoms with Crippen molar-refractivity contribution in [1.29, 1.82) is 0 Å². The zero-order valence-corrected chi connectivity index (χ0v) is 20.7. The van der Waals surface area contributed by atoms with Crippen molar-refractivity contribution in [1.82, 2.24) is 9.97 Å². The van der Waals surface area contributed by atoms with Gasteiger partial charge >= 0.3 is 7.12 Å². The summed E-state index contributed by atoms with van der Waals surface area (Å²) in [5.74, 6) is 2.29. The van der Waals surface area contributed by atoms with Gasteiger partial charge in [-0.1, -0.05) is 24.3 Å². The van der Waals surface area contributed by atoms with Gasteiger partial charge in [-0.05, 0) is 63.1 Å². The number of benzene rings is 2. The number of methoxy groups -OCH3 is 2. The lowest BCUT2D eigenvalue weighted by molar-refractivity contribution is 0.00578. The summed E-state index contributed by atoms with van der Waals surface area (Å²) in [7, 11) is 2.84. The summed E-state index contributed by atoms with van der Waals surface area (Å²) in [6, 6.07) is 16.1. The van der Waals surface area contributed by atoms with Crippen LogP contribution in [-0.4, -0.2) is 42.5 Å². The predicted octanol–water partition coefficient (Wildman–Crippen LogP) is 4.00. The molecule has 178 valence electrons. The van der Waals surface area contributed by atoms with Gasteiger partial charge in [-0.3, -0.25) is 0 Å². The number of aromatic nitrogens is 2. The first-order valence-corrected chi connectivity index (χ1v) is 11.4. The van der Waals surface area contributed by atoms with Gasteiger partial charge in [0.1, 0.15) is 11.5 Å². The number of hydrogen-bond acceptors (Lipinski definition) is 7. The first kappa shape index (κ1) is 24.0. The van der Waals surface area contributed by atoms with Gasteiger partial charge in [-0.25, -0.2) is 9.97 Å². The second-order valence-corrected chi connectivity index (χ2v) is 9.46. The van der Waals surface area contributed by atoms with Crippen molar-refractivity contribution in [2.45, 2.75) is 52.0 Å². The fraction of sp³-hybridized carbons (Fsp3) is 0.385. The quantitative estimate of drug-likeness (QED) is 0.470. The summed E-state index contributed by atoms with van der Waals surface area (Å²) in [6.07, 6.45) is 3.58. The Kier molecular flexibility index (Phi) is 6.82. The highest BCUT2D eigenvalue weighted by Gasteiger charge is 2.52. The number of rotatable bonds is 8. The monoisotopic (exact) mass is 461 g/mol. The minimum absolute atomic E-state index is 0.412. The molecule has 0 saturated carbocycles. The van der Waals surface area contributed by atoms with Crippen LogP contribution in [0.15, 0.2) is 60.9 Å². The lowest BCUT2D eigenvalue weighted by atomic mass is 9.81. The molecule has 0 N–H and O–H groups in total. The van der Waals surface area contributed by atoms with E-state index in [1.807, 2.05) is 52.0 Å². The Morgan fingerprint density at radius 3 is 1.53 bits per heavy atom. The topological polar surface area (TPSA) is 65.9 Å². The number of nitrogens with zero attached hydrogens (tertiary/aromatic N) is 3. The smallest absolute Gasteiger partial charge is 0.497 e. The van der Waals surface area contributed by atoms with E-state index in [2.05, 4.69) is 39.1 Å². The Morgan fingerprint density at radius 1 is 0.735 bits per heavy atom. The zero-order valence-electron chi connectivity index (χ0n) is 20.7. The van der Waals surface area contributed by atoms with Gasteiger partial charge in [0, 0.05) is 30.9 Å². The van der Waals surface area contributed by atoms with Crippen molar-refractivity contribution < 1.29 is 18.8 Å². The van der Waals surface area contributed by atoms with Gasteiger partial charge in [-0.15, -0.1) is 0 Å². The third-order valence-electron chi connectivity index (χ3n) is 6.53. The van der Waals surface area contributed by atoms with Crippen LogP contribution in [0.2, 0.25) is 0 Å². The highest BCUT2D eigenvalue weighted by molar-refractivity contribution is 6.61. The minimum atomic E-state index is -0.490. The molecule has 0 radical (unpaired) electrons. The third kappa shape index (κ3) is 5.18. The molecule has 0 bridgehead atoms. The van der Waals surface area contributed by atoms with Crippen LogP contribution in [0.1, 0.15) is 38.8 Å². The summed E-state index contributed by atoms with van der Waals surface area (Å²) in [6.45, 7) is 9.43. The van der Waals surface area contributed by atoms with E-state index in [0.29, 0.717) is 19.0 Å². The van der Waals surface area contributed by atoms with Crippen molar-refractivity contribution in [2.75, 3.05) is 19.1 Å². The normalized spacial score (nSPS) is 16.4. The molecule has 3 aromatic rings. The number of anilines is 1. The Balaban J connectivity index is 1.57. The van der Waals surface area contributed by atoms with Crippen LogP contribution in [-0.2, 0) is 22.4 Å². The molecule has 8 heteroatoms. The Hall–Kier alpha value is -3.10. The van der Waals surface area contributed by atoms with Crippen molar-refractivity contribution in [3.05, 3.63) is 72.1 Å². The zero-order chi connectivity index (χ0) is 24.3. The van der Waals surface area contributed by atoms with Gasteiger partial charge < -0.3 is 23.7 Å². The van der Waals surface area contributed by atoms with Crippen molar-refractivity contribution in [3.8, 4) is 11.5 Å². The highest BCUT2D eigenvalue weighted by atomic mass is 16.7. The molecule has 2 heterocycles. The molecule has 34 heavy (non-hydrogen) atoms. The molecule has 2 aromatic carbocycles. The van der Waals surface area contributed by atoms with E-state index < -0.39 is 18.3 Å². The van der Waals surface area contributed by atoms with E-state index in [-0.39, 0.29) is 0 Å². The van der Waals surface area contributed by atoms with E-state index >= 15 is 0 Å². The Labute approximate surface area is 202 Å². The molecule has 0 amide bonds. The maximum atomic E-state index is 6.15. The van der Waals surface area contributed by atoms with Crippen LogP contribution in [0.3, 0.4) is 0 Å². The molecule has 0 aliphatic carbocycles. The average molecular weight is 461 g/mol. The van der Waals surface area contributed by atoms with Crippen molar-refractivity contribution in [3.63, 3.8) is 0 Å². The van der Waals surface area contributed by atoms with Crippen LogP contribution in [0.5, 0.6) is 11.5 Å². The first-order chi connectivity index (χ1) is 16.2. The molecule has 4 rings (SSSR count). The van der Waals surface area contributed by atoms with Crippen LogP contribution >= 0.6 is 0 Å². The molecular weight excluding hydrogens is 429 g/mol. The molecule has 1 fully saturated rings. The van der Waals surface area contributed by atoms with E-state index in [0.717, 1.165) is 28.1 Å². The van der Waals surface area contributed by atoms with Gasteiger partial charge in [0.05, 0.1) is 25.4 Å². The summed E-state index contributed by atoms with van der Waals surface area (Å²) < 4.78 is 22.9. The number of ether oxygens (including phenoxy) is 2. The molecule has 1 saturated heterocycles. The molecule has 1 aliphatic rings. The van der Waals surface area contributed by atoms with Crippen LogP contribution in [0, 0.1) is 0 Å².